The van der Waals surface area contributed by atoms with Gasteiger partial charge in [-0.25, -0.2) is 9.59 Å². The van der Waals surface area contributed by atoms with Crippen LogP contribution in [0.5, 0.6) is 0 Å². The third-order valence-electron chi connectivity index (χ3n) is 2.88. The Hall–Kier alpha value is -2.23. The number of aromatic nitrogens is 4. The van der Waals surface area contributed by atoms with Gasteiger partial charge in [0.2, 0.25) is 0 Å². The Morgan fingerprint density at radius 2 is 2.37 bits per heavy atom. The van der Waals surface area contributed by atoms with Crippen LogP contribution in [0.2, 0.25) is 0 Å². The predicted octanol–water partition coefficient (Wildman–Crippen LogP) is -1.20. The first-order valence-corrected chi connectivity index (χ1v) is 5.67. The molecule has 2 amide bonds. The minimum atomic E-state index is -1.37. The third-order valence-corrected chi connectivity index (χ3v) is 2.88. The van der Waals surface area contributed by atoms with E-state index in [2.05, 4.69) is 31.3 Å². The number of ether oxygens (including phenoxy) is 1. The molecule has 0 saturated carbocycles. The molecule has 2 heterocycles. The molecule has 1 aliphatic rings. The largest absolute Gasteiger partial charge is 0.479 e. The fraction of sp³-hybridized carbons (Fsp3) is 0.667. The lowest BCUT2D eigenvalue weighted by Crippen LogP contribution is -2.58. The quantitative estimate of drug-likeness (QED) is 0.538. The van der Waals surface area contributed by atoms with Crippen LogP contribution in [0.1, 0.15) is 25.2 Å². The number of tetrazole rings is 1. The van der Waals surface area contributed by atoms with Crippen molar-refractivity contribution in [1.29, 1.82) is 0 Å². The van der Waals surface area contributed by atoms with Gasteiger partial charge in [0.25, 0.3) is 0 Å². The first kappa shape index (κ1) is 13.2. The van der Waals surface area contributed by atoms with Crippen LogP contribution in [0.4, 0.5) is 4.79 Å². The number of urea groups is 1. The average molecular weight is 270 g/mol. The number of amides is 2. The number of carbonyl (C=O) groups excluding carboxylic acids is 1. The molecule has 1 aromatic rings. The van der Waals surface area contributed by atoms with Crippen molar-refractivity contribution in [3.8, 4) is 0 Å². The van der Waals surface area contributed by atoms with Crippen LogP contribution in [0, 0.1) is 0 Å². The van der Waals surface area contributed by atoms with Crippen LogP contribution in [-0.2, 0) is 9.53 Å². The van der Waals surface area contributed by atoms with Crippen LogP contribution >= 0.6 is 0 Å². The van der Waals surface area contributed by atoms with E-state index in [0.29, 0.717) is 12.4 Å². The predicted molar refractivity (Wildman–Crippen MR) is 60.1 cm³/mol. The van der Waals surface area contributed by atoms with Gasteiger partial charge in [-0.3, -0.25) is 0 Å². The van der Waals surface area contributed by atoms with Gasteiger partial charge in [-0.05, 0) is 6.92 Å². The van der Waals surface area contributed by atoms with Gasteiger partial charge in [-0.15, -0.1) is 10.2 Å². The van der Waals surface area contributed by atoms with Crippen molar-refractivity contribution in [3.05, 3.63) is 5.82 Å². The number of rotatable bonds is 4. The van der Waals surface area contributed by atoms with E-state index >= 15 is 0 Å². The zero-order valence-electron chi connectivity index (χ0n) is 10.2. The number of hydrogen-bond donors (Lipinski definition) is 4. The Bertz CT molecular complexity index is 455. The molecule has 2 atom stereocenters. The second-order valence-corrected chi connectivity index (χ2v) is 4.28. The lowest BCUT2D eigenvalue weighted by atomic mass is 9.99. The third kappa shape index (κ3) is 2.78. The number of aromatic amines is 1. The lowest BCUT2D eigenvalue weighted by Gasteiger charge is -2.24. The molecule has 1 fully saturated rings. The minimum Gasteiger partial charge on any atom is -0.479 e. The van der Waals surface area contributed by atoms with E-state index < -0.39 is 23.6 Å². The number of H-pyrrole nitrogens is 1. The number of carboxylic acid groups (broad SMARTS) is 1. The highest BCUT2D eigenvalue weighted by molar-refractivity contribution is 5.86. The van der Waals surface area contributed by atoms with Crippen LogP contribution in [0.15, 0.2) is 0 Å². The summed E-state index contributed by atoms with van der Waals surface area (Å²) in [6.45, 7) is 1.91. The van der Waals surface area contributed by atoms with Gasteiger partial charge in [0.1, 0.15) is 0 Å². The zero-order chi connectivity index (χ0) is 13.9. The Kier molecular flexibility index (Phi) is 3.60. The van der Waals surface area contributed by atoms with E-state index in [-0.39, 0.29) is 13.0 Å². The van der Waals surface area contributed by atoms with Gasteiger partial charge in [0.05, 0.1) is 12.6 Å². The van der Waals surface area contributed by atoms with Crippen LogP contribution in [0.3, 0.4) is 0 Å². The molecule has 0 spiro atoms. The van der Waals surface area contributed by atoms with Crippen molar-refractivity contribution >= 4 is 12.0 Å². The Labute approximate surface area is 107 Å². The molecular weight excluding hydrogens is 256 g/mol. The first-order chi connectivity index (χ1) is 9.03. The molecule has 19 heavy (non-hydrogen) atoms. The molecule has 0 aliphatic carbocycles. The number of nitrogens with one attached hydrogen (secondary N) is 3. The summed E-state index contributed by atoms with van der Waals surface area (Å²) in [4.78, 5) is 23.0. The standard InChI is InChI=1S/C9H14N6O4/c1-5(6-12-14-15-13-6)10-8(18)11-9(7(16)17)2-3-19-4-9/h5H,2-4H2,1H3,(H,16,17)(H2,10,11,18)(H,12,13,14,15). The summed E-state index contributed by atoms with van der Waals surface area (Å²) < 4.78 is 5.04. The molecule has 0 bridgehead atoms. The topological polar surface area (TPSA) is 142 Å². The Morgan fingerprint density at radius 3 is 2.89 bits per heavy atom. The van der Waals surface area contributed by atoms with E-state index in [1.54, 1.807) is 6.92 Å². The van der Waals surface area contributed by atoms with E-state index in [1.807, 2.05) is 0 Å². The summed E-state index contributed by atoms with van der Waals surface area (Å²) >= 11 is 0. The van der Waals surface area contributed by atoms with Crippen LogP contribution in [-0.4, -0.2) is 56.5 Å². The molecule has 0 radical (unpaired) electrons. The fourth-order valence-corrected chi connectivity index (χ4v) is 1.75. The number of hydrogen-bond acceptors (Lipinski definition) is 6. The van der Waals surface area contributed by atoms with Gasteiger partial charge < -0.3 is 20.5 Å². The van der Waals surface area contributed by atoms with Gasteiger partial charge in [-0.2, -0.15) is 5.21 Å². The van der Waals surface area contributed by atoms with Crippen molar-refractivity contribution < 1.29 is 19.4 Å². The maximum absolute atomic E-state index is 11.8. The number of aliphatic carboxylic acids is 1. The maximum atomic E-state index is 11.8. The van der Waals surface area contributed by atoms with E-state index in [1.165, 1.54) is 0 Å². The molecule has 10 heteroatoms. The average Bonchev–Trinajstić information content (AvgIpc) is 2.99. The van der Waals surface area contributed by atoms with Crippen molar-refractivity contribution in [1.82, 2.24) is 31.3 Å². The zero-order valence-corrected chi connectivity index (χ0v) is 10.2. The minimum absolute atomic E-state index is 0.0493. The van der Waals surface area contributed by atoms with Crippen LogP contribution in [0.25, 0.3) is 0 Å². The van der Waals surface area contributed by atoms with E-state index in [4.69, 9.17) is 9.84 Å². The first-order valence-electron chi connectivity index (χ1n) is 5.67. The summed E-state index contributed by atoms with van der Waals surface area (Å²) in [5, 5.41) is 27.2. The second kappa shape index (κ2) is 5.18. The molecule has 0 aromatic carbocycles. The maximum Gasteiger partial charge on any atom is 0.332 e. The van der Waals surface area contributed by atoms with E-state index in [9.17, 15) is 9.59 Å². The molecular formula is C9H14N6O4. The second-order valence-electron chi connectivity index (χ2n) is 4.28. The van der Waals surface area contributed by atoms with E-state index in [0.717, 1.165) is 0 Å². The molecule has 2 unspecified atom stereocenters. The highest BCUT2D eigenvalue weighted by Crippen LogP contribution is 2.19. The monoisotopic (exact) mass is 270 g/mol. The van der Waals surface area contributed by atoms with Gasteiger partial charge >= 0.3 is 12.0 Å². The normalized spacial score (nSPS) is 23.8. The molecule has 104 valence electrons. The highest BCUT2D eigenvalue weighted by atomic mass is 16.5. The summed E-state index contributed by atoms with van der Waals surface area (Å²) in [5.74, 6) is -0.811. The van der Waals surface area contributed by atoms with Gasteiger partial charge in [0.15, 0.2) is 11.4 Å². The molecule has 1 aliphatic heterocycles. The van der Waals surface area contributed by atoms with Crippen molar-refractivity contribution in [2.24, 2.45) is 0 Å². The van der Waals surface area contributed by atoms with Gasteiger partial charge in [-0.1, -0.05) is 5.21 Å². The molecule has 2 rings (SSSR count). The van der Waals surface area contributed by atoms with Gasteiger partial charge in [0, 0.05) is 13.0 Å². The number of carboxylic acids is 1. The summed E-state index contributed by atoms with van der Waals surface area (Å²) in [6.07, 6.45) is 0.229. The summed E-state index contributed by atoms with van der Waals surface area (Å²) in [6, 6.07) is -1.11. The Morgan fingerprint density at radius 1 is 1.58 bits per heavy atom. The van der Waals surface area contributed by atoms with Crippen molar-refractivity contribution in [3.63, 3.8) is 0 Å². The molecule has 1 aromatic heterocycles. The fourth-order valence-electron chi connectivity index (χ4n) is 1.75. The Balaban J connectivity index is 1.95. The summed E-state index contributed by atoms with van der Waals surface area (Å²) in [7, 11) is 0. The highest BCUT2D eigenvalue weighted by Gasteiger charge is 2.44. The summed E-state index contributed by atoms with van der Waals surface area (Å²) in [5.41, 5.74) is -1.37. The SMILES string of the molecule is CC(NC(=O)NC1(C(=O)O)CCOC1)c1nn[nH]n1. The lowest BCUT2D eigenvalue weighted by molar-refractivity contribution is -0.144. The van der Waals surface area contributed by atoms with Crippen LogP contribution < -0.4 is 10.6 Å². The molecule has 10 nitrogen and oxygen atoms in total. The molecule has 1 saturated heterocycles. The smallest absolute Gasteiger partial charge is 0.332 e. The number of nitrogens with zero attached hydrogens (tertiary/aromatic N) is 3. The number of carbonyl (C=O) groups is 2. The van der Waals surface area contributed by atoms with Crippen molar-refractivity contribution in [2.75, 3.05) is 13.2 Å². The molecule has 4 N–H and O–H groups in total. The van der Waals surface area contributed by atoms with Crippen molar-refractivity contribution in [2.45, 2.75) is 24.9 Å².